The van der Waals surface area contributed by atoms with Crippen molar-refractivity contribution >= 4 is 27.3 Å². The molecule has 3 rings (SSSR count). The first-order valence-corrected chi connectivity index (χ1v) is 7.05. The minimum absolute atomic E-state index is 1.11. The molecule has 0 atom stereocenters. The highest BCUT2D eigenvalue weighted by atomic mass is 79.9. The lowest BCUT2D eigenvalue weighted by Gasteiger charge is -2.02. The predicted molar refractivity (Wildman–Crippen MR) is 78.5 cm³/mol. The van der Waals surface area contributed by atoms with E-state index in [0.29, 0.717) is 0 Å². The molecule has 4 heteroatoms. The molecule has 0 fully saturated rings. The monoisotopic (exact) mass is 316 g/mol. The lowest BCUT2D eigenvalue weighted by atomic mass is 10.1. The smallest absolute Gasteiger partial charge is 0.0711 e. The molecule has 0 aromatic carbocycles. The fourth-order valence-corrected chi connectivity index (χ4v) is 3.42. The summed E-state index contributed by atoms with van der Waals surface area (Å²) < 4.78 is 1.11. The second-order valence-corrected chi connectivity index (χ2v) is 6.21. The first-order chi connectivity index (χ1) is 8.84. The topological polar surface area (TPSA) is 25.8 Å². The van der Waals surface area contributed by atoms with E-state index in [4.69, 9.17) is 0 Å². The fourth-order valence-electron chi connectivity index (χ4n) is 1.81. The van der Waals surface area contributed by atoms with Gasteiger partial charge in [0.05, 0.1) is 3.79 Å². The average molecular weight is 317 g/mol. The van der Waals surface area contributed by atoms with E-state index < -0.39 is 0 Å². The van der Waals surface area contributed by atoms with Crippen molar-refractivity contribution in [3.05, 3.63) is 58.9 Å². The Labute approximate surface area is 117 Å². The van der Waals surface area contributed by atoms with Gasteiger partial charge in [-0.1, -0.05) is 12.1 Å². The summed E-state index contributed by atoms with van der Waals surface area (Å²) in [7, 11) is 0. The van der Waals surface area contributed by atoms with Crippen LogP contribution in [0, 0.1) is 0 Å². The zero-order chi connectivity index (χ0) is 12.4. The van der Waals surface area contributed by atoms with E-state index >= 15 is 0 Å². The molecule has 0 bridgehead atoms. The molecule has 0 spiro atoms. The normalized spacial score (nSPS) is 10.5. The lowest BCUT2D eigenvalue weighted by molar-refractivity contribution is 1.32. The maximum atomic E-state index is 4.18. The van der Waals surface area contributed by atoms with Crippen molar-refractivity contribution in [2.45, 2.75) is 0 Å². The molecular formula is C14H9BrN2S. The SMILES string of the molecule is Brc1cc(-c2cccnc2)c(-c2cccnc2)s1. The van der Waals surface area contributed by atoms with Crippen molar-refractivity contribution < 1.29 is 0 Å². The van der Waals surface area contributed by atoms with E-state index in [1.165, 1.54) is 10.4 Å². The van der Waals surface area contributed by atoms with E-state index in [9.17, 15) is 0 Å². The molecule has 3 aromatic heterocycles. The maximum Gasteiger partial charge on any atom is 0.0711 e. The second kappa shape index (κ2) is 5.00. The quantitative estimate of drug-likeness (QED) is 0.688. The summed E-state index contributed by atoms with van der Waals surface area (Å²) in [5.74, 6) is 0. The minimum atomic E-state index is 1.11. The Bertz CT molecular complexity index is 593. The minimum Gasteiger partial charge on any atom is -0.264 e. The number of hydrogen-bond donors (Lipinski definition) is 0. The molecule has 0 aliphatic heterocycles. The van der Waals surface area contributed by atoms with Gasteiger partial charge in [-0.25, -0.2) is 0 Å². The summed E-state index contributed by atoms with van der Waals surface area (Å²) in [4.78, 5) is 9.57. The Morgan fingerprint density at radius 2 is 1.61 bits per heavy atom. The second-order valence-electron chi connectivity index (χ2n) is 3.78. The summed E-state index contributed by atoms with van der Waals surface area (Å²) in [6.07, 6.45) is 7.34. The first-order valence-electron chi connectivity index (χ1n) is 5.45. The van der Waals surface area contributed by atoms with Gasteiger partial charge in [-0.05, 0) is 34.1 Å². The summed E-state index contributed by atoms with van der Waals surface area (Å²) >= 11 is 5.27. The molecular weight excluding hydrogens is 308 g/mol. The summed E-state index contributed by atoms with van der Waals surface area (Å²) in [5, 5.41) is 0. The van der Waals surface area contributed by atoms with Crippen molar-refractivity contribution in [3.63, 3.8) is 0 Å². The zero-order valence-electron chi connectivity index (χ0n) is 9.38. The van der Waals surface area contributed by atoms with Crippen molar-refractivity contribution in [3.8, 4) is 21.6 Å². The third-order valence-electron chi connectivity index (χ3n) is 2.60. The zero-order valence-corrected chi connectivity index (χ0v) is 11.8. The molecule has 0 amide bonds. The van der Waals surface area contributed by atoms with Crippen LogP contribution >= 0.6 is 27.3 Å². The molecule has 2 nitrogen and oxygen atoms in total. The molecule has 0 unspecified atom stereocenters. The molecule has 0 N–H and O–H groups in total. The van der Waals surface area contributed by atoms with Gasteiger partial charge in [0.1, 0.15) is 0 Å². The molecule has 0 aliphatic rings. The maximum absolute atomic E-state index is 4.18. The van der Waals surface area contributed by atoms with Crippen LogP contribution in [0.2, 0.25) is 0 Å². The highest BCUT2D eigenvalue weighted by Gasteiger charge is 2.11. The average Bonchev–Trinajstić information content (AvgIpc) is 2.83. The highest BCUT2D eigenvalue weighted by molar-refractivity contribution is 9.11. The van der Waals surface area contributed by atoms with Gasteiger partial charge in [-0.15, -0.1) is 11.3 Å². The molecule has 3 aromatic rings. The van der Waals surface area contributed by atoms with Crippen LogP contribution in [-0.4, -0.2) is 9.97 Å². The van der Waals surface area contributed by atoms with E-state index in [0.717, 1.165) is 14.9 Å². The molecule has 0 saturated heterocycles. The van der Waals surface area contributed by atoms with Crippen LogP contribution in [0.15, 0.2) is 58.9 Å². The number of nitrogens with zero attached hydrogens (tertiary/aromatic N) is 2. The van der Waals surface area contributed by atoms with Gasteiger partial charge < -0.3 is 0 Å². The van der Waals surface area contributed by atoms with Crippen molar-refractivity contribution in [1.29, 1.82) is 0 Å². The summed E-state index contributed by atoms with van der Waals surface area (Å²) in [5.41, 5.74) is 3.44. The Morgan fingerprint density at radius 3 is 2.22 bits per heavy atom. The Hall–Kier alpha value is -1.52. The molecule has 88 valence electrons. The fraction of sp³-hybridized carbons (Fsp3) is 0. The standard InChI is InChI=1S/C14H9BrN2S/c15-13-7-12(10-3-1-5-16-8-10)14(18-13)11-4-2-6-17-9-11/h1-9H. The predicted octanol–water partition coefficient (Wildman–Crippen LogP) is 4.63. The van der Waals surface area contributed by atoms with Gasteiger partial charge in [0.2, 0.25) is 0 Å². The van der Waals surface area contributed by atoms with Gasteiger partial charge in [0.25, 0.3) is 0 Å². The number of aromatic nitrogens is 2. The van der Waals surface area contributed by atoms with Gasteiger partial charge in [0.15, 0.2) is 0 Å². The molecule has 0 radical (unpaired) electrons. The largest absolute Gasteiger partial charge is 0.264 e. The van der Waals surface area contributed by atoms with E-state index in [-0.39, 0.29) is 0 Å². The number of thiophene rings is 1. The van der Waals surface area contributed by atoms with Crippen LogP contribution in [0.1, 0.15) is 0 Å². The molecule has 18 heavy (non-hydrogen) atoms. The number of rotatable bonds is 2. The van der Waals surface area contributed by atoms with Crippen LogP contribution < -0.4 is 0 Å². The van der Waals surface area contributed by atoms with Crippen LogP contribution in [0.4, 0.5) is 0 Å². The first kappa shape index (κ1) is 11.6. The Morgan fingerprint density at radius 1 is 0.944 bits per heavy atom. The van der Waals surface area contributed by atoms with Crippen molar-refractivity contribution in [2.24, 2.45) is 0 Å². The number of hydrogen-bond acceptors (Lipinski definition) is 3. The van der Waals surface area contributed by atoms with E-state index in [1.807, 2.05) is 24.5 Å². The van der Waals surface area contributed by atoms with E-state index in [2.05, 4.69) is 44.1 Å². The van der Waals surface area contributed by atoms with Gasteiger partial charge in [-0.3, -0.25) is 9.97 Å². The van der Waals surface area contributed by atoms with Gasteiger partial charge >= 0.3 is 0 Å². The van der Waals surface area contributed by atoms with Crippen molar-refractivity contribution in [1.82, 2.24) is 9.97 Å². The number of halogens is 1. The third-order valence-corrected chi connectivity index (χ3v) is 4.29. The molecule has 3 heterocycles. The lowest BCUT2D eigenvalue weighted by Crippen LogP contribution is -1.81. The van der Waals surface area contributed by atoms with E-state index in [1.54, 1.807) is 23.7 Å². The summed E-state index contributed by atoms with van der Waals surface area (Å²) in [6.45, 7) is 0. The Balaban J connectivity index is 2.17. The van der Waals surface area contributed by atoms with Crippen LogP contribution in [0.5, 0.6) is 0 Å². The molecule has 0 aliphatic carbocycles. The highest BCUT2D eigenvalue weighted by Crippen LogP contribution is 2.40. The van der Waals surface area contributed by atoms with Crippen LogP contribution in [0.3, 0.4) is 0 Å². The van der Waals surface area contributed by atoms with Gasteiger partial charge in [0, 0.05) is 46.4 Å². The van der Waals surface area contributed by atoms with Crippen LogP contribution in [-0.2, 0) is 0 Å². The Kier molecular flexibility index (Phi) is 3.21. The van der Waals surface area contributed by atoms with Gasteiger partial charge in [-0.2, -0.15) is 0 Å². The third kappa shape index (κ3) is 2.21. The number of pyridine rings is 2. The molecule has 0 saturated carbocycles. The van der Waals surface area contributed by atoms with Crippen LogP contribution in [0.25, 0.3) is 21.6 Å². The summed E-state index contributed by atoms with van der Waals surface area (Å²) in [6, 6.07) is 10.2. The van der Waals surface area contributed by atoms with Crippen molar-refractivity contribution in [2.75, 3.05) is 0 Å².